The lowest BCUT2D eigenvalue weighted by Crippen LogP contribution is -2.17. The van der Waals surface area contributed by atoms with Crippen LogP contribution in [-0.2, 0) is 14.8 Å². The van der Waals surface area contributed by atoms with Crippen LogP contribution in [0.25, 0.3) is 5.78 Å². The molecule has 2 aromatic heterocycles. The van der Waals surface area contributed by atoms with E-state index in [1.165, 1.54) is 16.9 Å². The van der Waals surface area contributed by atoms with Gasteiger partial charge in [-0.2, -0.15) is 13.4 Å². The number of fused-ring (bicyclic) bond motifs is 1. The number of benzene rings is 1. The first-order valence-electron chi connectivity index (χ1n) is 7.50. The smallest absolute Gasteiger partial charge is 0.339 e. The Kier molecular flexibility index (Phi) is 4.92. The van der Waals surface area contributed by atoms with Crippen molar-refractivity contribution in [2.24, 2.45) is 0 Å². The molecule has 0 bridgehead atoms. The molecular weight excluding hydrogens is 426 g/mol. The summed E-state index contributed by atoms with van der Waals surface area (Å²) in [5.74, 6) is -0.404. The van der Waals surface area contributed by atoms with Gasteiger partial charge in [0.05, 0.1) is 22.3 Å². The minimum absolute atomic E-state index is 0.156. The van der Waals surface area contributed by atoms with E-state index in [0.717, 1.165) is 0 Å². The molecule has 0 atom stereocenters. The van der Waals surface area contributed by atoms with E-state index in [2.05, 4.69) is 35.7 Å². The van der Waals surface area contributed by atoms with Gasteiger partial charge in [0.25, 0.3) is 21.0 Å². The van der Waals surface area contributed by atoms with E-state index in [1.807, 2.05) is 0 Å². The zero-order valence-corrected chi connectivity index (χ0v) is 16.2. The molecule has 136 valence electrons. The molecule has 0 fully saturated rings. The normalized spacial score (nSPS) is 11.5. The van der Waals surface area contributed by atoms with Crippen LogP contribution in [-0.4, -0.2) is 40.6 Å². The number of carbonyl (C=O) groups is 1. The fraction of sp³-hybridized carbons (Fsp3) is 0.200. The van der Waals surface area contributed by atoms with Crippen LogP contribution >= 0.6 is 15.9 Å². The summed E-state index contributed by atoms with van der Waals surface area (Å²) in [7, 11) is -4.09. The van der Waals surface area contributed by atoms with Crippen LogP contribution in [0, 0.1) is 6.92 Å². The molecule has 0 aliphatic heterocycles. The Morgan fingerprint density at radius 1 is 1.38 bits per heavy atom. The lowest BCUT2D eigenvalue weighted by atomic mass is 10.1. The van der Waals surface area contributed by atoms with Crippen molar-refractivity contribution in [1.82, 2.24) is 19.6 Å². The van der Waals surface area contributed by atoms with E-state index >= 15 is 0 Å². The summed E-state index contributed by atoms with van der Waals surface area (Å²) < 4.78 is 34.3. The number of esters is 1. The number of carbonyl (C=O) groups excluding carboxylic acids is 1. The van der Waals surface area contributed by atoms with Gasteiger partial charge in [0.1, 0.15) is 0 Å². The number of halogens is 1. The summed E-state index contributed by atoms with van der Waals surface area (Å²) in [5.41, 5.74) is 1.03. The summed E-state index contributed by atoms with van der Waals surface area (Å²) >= 11 is 3.28. The summed E-state index contributed by atoms with van der Waals surface area (Å²) in [6, 6.07) is 4.78. The minimum Gasteiger partial charge on any atom is -0.462 e. The van der Waals surface area contributed by atoms with Crippen LogP contribution < -0.4 is 4.72 Å². The van der Waals surface area contributed by atoms with Crippen LogP contribution in [0.4, 0.5) is 5.69 Å². The SMILES string of the molecule is CCOC(=O)c1ccc(C)c(NS(=O)(=O)c2nc3ncccn3n2)c1Br. The predicted octanol–water partition coefficient (Wildman–Crippen LogP) is 2.17. The van der Waals surface area contributed by atoms with Gasteiger partial charge in [-0.15, -0.1) is 5.10 Å². The van der Waals surface area contributed by atoms with Crippen LogP contribution in [0.5, 0.6) is 0 Å². The Bertz CT molecular complexity index is 1060. The van der Waals surface area contributed by atoms with Gasteiger partial charge in [-0.25, -0.2) is 14.3 Å². The van der Waals surface area contributed by atoms with Crippen LogP contribution in [0.1, 0.15) is 22.8 Å². The molecular formula is C15H14BrN5O4S. The largest absolute Gasteiger partial charge is 0.462 e. The van der Waals surface area contributed by atoms with Gasteiger partial charge >= 0.3 is 5.97 Å². The van der Waals surface area contributed by atoms with Gasteiger partial charge in [-0.05, 0) is 47.5 Å². The fourth-order valence-corrected chi connectivity index (χ4v) is 4.03. The first kappa shape index (κ1) is 18.3. The molecule has 1 aromatic carbocycles. The highest BCUT2D eigenvalue weighted by atomic mass is 79.9. The maximum absolute atomic E-state index is 12.7. The highest BCUT2D eigenvalue weighted by molar-refractivity contribution is 9.10. The van der Waals surface area contributed by atoms with E-state index in [1.54, 1.807) is 32.0 Å². The number of nitrogens with zero attached hydrogens (tertiary/aromatic N) is 4. The number of nitrogens with one attached hydrogen (secondary N) is 1. The molecule has 0 amide bonds. The third-order valence-electron chi connectivity index (χ3n) is 3.42. The molecule has 0 radical (unpaired) electrons. The number of sulfonamides is 1. The highest BCUT2D eigenvalue weighted by Gasteiger charge is 2.25. The number of rotatable bonds is 5. The van der Waals surface area contributed by atoms with Crippen molar-refractivity contribution in [1.29, 1.82) is 0 Å². The molecule has 3 rings (SSSR count). The molecule has 11 heteroatoms. The number of hydrogen-bond acceptors (Lipinski definition) is 7. The molecule has 0 saturated carbocycles. The Morgan fingerprint density at radius 2 is 2.15 bits per heavy atom. The molecule has 0 saturated heterocycles. The van der Waals surface area contributed by atoms with E-state index in [4.69, 9.17) is 4.74 Å². The number of aryl methyl sites for hydroxylation is 1. The summed E-state index contributed by atoms with van der Waals surface area (Å²) in [6.45, 7) is 3.60. The molecule has 0 spiro atoms. The van der Waals surface area contributed by atoms with Crippen molar-refractivity contribution >= 4 is 43.4 Å². The van der Waals surface area contributed by atoms with Crippen LogP contribution in [0.15, 0.2) is 40.2 Å². The molecule has 26 heavy (non-hydrogen) atoms. The fourth-order valence-electron chi connectivity index (χ4n) is 2.17. The maximum atomic E-state index is 12.7. The summed E-state index contributed by atoms with van der Waals surface area (Å²) in [4.78, 5) is 19.9. The van der Waals surface area contributed by atoms with Crippen molar-refractivity contribution in [2.75, 3.05) is 11.3 Å². The third-order valence-corrected chi connectivity index (χ3v) is 5.37. The van der Waals surface area contributed by atoms with Gasteiger partial charge in [0, 0.05) is 12.4 Å². The molecule has 2 heterocycles. The average Bonchev–Trinajstić information content (AvgIpc) is 3.04. The molecule has 0 aliphatic carbocycles. The standard InChI is InChI=1S/C15H14BrN5O4S/c1-3-25-13(22)10-6-5-9(2)12(11(10)16)20-26(23,24)15-18-14-17-7-4-8-21(14)19-15/h4-8,20H,3H2,1-2H3. The Morgan fingerprint density at radius 3 is 2.85 bits per heavy atom. The number of ether oxygens (including phenoxy) is 1. The first-order valence-corrected chi connectivity index (χ1v) is 9.77. The lowest BCUT2D eigenvalue weighted by Gasteiger charge is -2.13. The predicted molar refractivity (Wildman–Crippen MR) is 96.4 cm³/mol. The first-order chi connectivity index (χ1) is 12.3. The van der Waals surface area contributed by atoms with Crippen LogP contribution in [0.3, 0.4) is 0 Å². The van der Waals surface area contributed by atoms with Crippen LogP contribution in [0.2, 0.25) is 0 Å². The van der Waals surface area contributed by atoms with E-state index < -0.39 is 21.1 Å². The van der Waals surface area contributed by atoms with Gasteiger partial charge in [-0.3, -0.25) is 4.72 Å². The molecule has 0 aliphatic rings. The average molecular weight is 440 g/mol. The zero-order valence-electron chi connectivity index (χ0n) is 13.8. The lowest BCUT2D eigenvalue weighted by molar-refractivity contribution is 0.0525. The van der Waals surface area contributed by atoms with Gasteiger partial charge in [0.15, 0.2) is 0 Å². The van der Waals surface area contributed by atoms with Crippen molar-refractivity contribution in [3.8, 4) is 0 Å². The molecule has 3 aromatic rings. The number of hydrogen-bond donors (Lipinski definition) is 1. The van der Waals surface area contributed by atoms with E-state index in [-0.39, 0.29) is 28.1 Å². The van der Waals surface area contributed by atoms with Crippen molar-refractivity contribution < 1.29 is 17.9 Å². The monoisotopic (exact) mass is 439 g/mol. The second-order valence-electron chi connectivity index (χ2n) is 5.20. The van der Waals surface area contributed by atoms with Crippen molar-refractivity contribution in [3.63, 3.8) is 0 Å². The van der Waals surface area contributed by atoms with Gasteiger partial charge < -0.3 is 4.74 Å². The van der Waals surface area contributed by atoms with Crippen molar-refractivity contribution in [3.05, 3.63) is 46.2 Å². The Balaban J connectivity index is 2.01. The second kappa shape index (κ2) is 7.00. The quantitative estimate of drug-likeness (QED) is 0.605. The van der Waals surface area contributed by atoms with Gasteiger partial charge in [-0.1, -0.05) is 6.07 Å². The van der Waals surface area contributed by atoms with Crippen molar-refractivity contribution in [2.45, 2.75) is 19.0 Å². The Hall–Kier alpha value is -2.53. The zero-order chi connectivity index (χ0) is 18.9. The molecule has 1 N–H and O–H groups in total. The number of aromatic nitrogens is 4. The summed E-state index contributed by atoms with van der Waals surface area (Å²) in [5, 5.41) is 3.49. The molecule has 9 nitrogen and oxygen atoms in total. The second-order valence-corrected chi connectivity index (χ2v) is 7.57. The minimum atomic E-state index is -4.09. The summed E-state index contributed by atoms with van der Waals surface area (Å²) in [6.07, 6.45) is 3.02. The molecule has 0 unspecified atom stereocenters. The maximum Gasteiger partial charge on any atom is 0.339 e. The Labute approximate surface area is 157 Å². The van der Waals surface area contributed by atoms with E-state index in [9.17, 15) is 13.2 Å². The highest BCUT2D eigenvalue weighted by Crippen LogP contribution is 2.32. The van der Waals surface area contributed by atoms with E-state index in [0.29, 0.717) is 5.56 Å². The van der Waals surface area contributed by atoms with Gasteiger partial charge in [0.2, 0.25) is 0 Å². The topological polar surface area (TPSA) is 116 Å². The third kappa shape index (κ3) is 3.40. The number of anilines is 1.